The number of aromatic nitrogens is 1. The molecule has 14 heavy (non-hydrogen) atoms. The largest absolute Gasteiger partial charge is 0.478 e. The number of pyridine rings is 1. The summed E-state index contributed by atoms with van der Waals surface area (Å²) >= 11 is 3.05. The summed E-state index contributed by atoms with van der Waals surface area (Å²) in [5, 5.41) is 11.1. The van der Waals surface area contributed by atoms with E-state index in [1.165, 1.54) is 19.1 Å². The lowest BCUT2D eigenvalue weighted by atomic mass is 10.2. The first-order valence-electron chi connectivity index (χ1n) is 3.67. The first-order valence-corrected chi connectivity index (χ1v) is 4.47. The molecule has 0 aliphatic heterocycles. The van der Waals surface area contributed by atoms with E-state index in [2.05, 4.69) is 26.2 Å². The van der Waals surface area contributed by atoms with Crippen LogP contribution >= 0.6 is 15.9 Å². The quantitative estimate of drug-likeness (QED) is 0.789. The average Bonchev–Trinajstić information content (AvgIpc) is 2.01. The number of hydrogen-bond acceptors (Lipinski definition) is 3. The second kappa shape index (κ2) is 4.19. The van der Waals surface area contributed by atoms with Crippen molar-refractivity contribution in [2.24, 2.45) is 0 Å². The van der Waals surface area contributed by atoms with E-state index in [9.17, 15) is 9.59 Å². The molecule has 1 aromatic rings. The molecule has 2 N–H and O–H groups in total. The maximum Gasteiger partial charge on any atom is 0.335 e. The van der Waals surface area contributed by atoms with Crippen molar-refractivity contribution in [3.63, 3.8) is 0 Å². The molecule has 0 saturated heterocycles. The molecule has 0 aromatic carbocycles. The van der Waals surface area contributed by atoms with Gasteiger partial charge in [0.25, 0.3) is 0 Å². The molecule has 1 heterocycles. The highest BCUT2D eigenvalue weighted by Crippen LogP contribution is 2.14. The lowest BCUT2D eigenvalue weighted by Gasteiger charge is -2.02. The molecule has 1 amide bonds. The lowest BCUT2D eigenvalue weighted by Crippen LogP contribution is -2.09. The molecular formula is C8H7BrN2O3. The molecule has 0 saturated carbocycles. The zero-order valence-corrected chi connectivity index (χ0v) is 8.83. The van der Waals surface area contributed by atoms with Gasteiger partial charge in [0.2, 0.25) is 5.91 Å². The van der Waals surface area contributed by atoms with Crippen LogP contribution < -0.4 is 5.32 Å². The number of rotatable bonds is 2. The molecule has 0 atom stereocenters. The van der Waals surface area contributed by atoms with Gasteiger partial charge in [-0.05, 0) is 28.1 Å². The summed E-state index contributed by atoms with van der Waals surface area (Å²) in [6.45, 7) is 1.32. The van der Waals surface area contributed by atoms with Crippen LogP contribution in [0.15, 0.2) is 16.7 Å². The monoisotopic (exact) mass is 258 g/mol. The van der Waals surface area contributed by atoms with Crippen molar-refractivity contribution in [2.75, 3.05) is 5.32 Å². The number of carboxylic acids is 1. The molecule has 0 spiro atoms. The van der Waals surface area contributed by atoms with Crippen molar-refractivity contribution in [3.8, 4) is 0 Å². The zero-order chi connectivity index (χ0) is 10.7. The van der Waals surface area contributed by atoms with E-state index in [0.717, 1.165) is 0 Å². The molecule has 0 aliphatic rings. The van der Waals surface area contributed by atoms with Gasteiger partial charge in [-0.25, -0.2) is 9.78 Å². The number of nitrogens with one attached hydrogen (secondary N) is 1. The molecule has 1 aromatic heterocycles. The Hall–Kier alpha value is -1.43. The second-order valence-corrected chi connectivity index (χ2v) is 3.36. The van der Waals surface area contributed by atoms with Gasteiger partial charge in [-0.15, -0.1) is 0 Å². The number of carboxylic acid groups (broad SMARTS) is 1. The number of nitrogens with zero attached hydrogens (tertiary/aromatic N) is 1. The Morgan fingerprint density at radius 2 is 2.14 bits per heavy atom. The van der Waals surface area contributed by atoms with Crippen LogP contribution in [-0.2, 0) is 4.79 Å². The van der Waals surface area contributed by atoms with Gasteiger partial charge < -0.3 is 10.4 Å². The van der Waals surface area contributed by atoms with Crippen molar-refractivity contribution in [1.82, 2.24) is 4.98 Å². The summed E-state index contributed by atoms with van der Waals surface area (Å²) in [6, 6.07) is 2.64. The Labute approximate surface area is 88.3 Å². The van der Waals surface area contributed by atoms with Crippen LogP contribution in [0.5, 0.6) is 0 Å². The summed E-state index contributed by atoms with van der Waals surface area (Å²) in [7, 11) is 0. The summed E-state index contributed by atoms with van der Waals surface area (Å²) in [4.78, 5) is 25.2. The molecule has 0 radical (unpaired) electrons. The number of halogens is 1. The minimum Gasteiger partial charge on any atom is -0.478 e. The average molecular weight is 259 g/mol. The fourth-order valence-electron chi connectivity index (χ4n) is 0.865. The number of carbonyl (C=O) groups excluding carboxylic acids is 1. The summed E-state index contributed by atoms with van der Waals surface area (Å²) in [5.74, 6) is -1.16. The van der Waals surface area contributed by atoms with Crippen LogP contribution in [0.3, 0.4) is 0 Å². The van der Waals surface area contributed by atoms with Gasteiger partial charge in [-0.1, -0.05) is 0 Å². The van der Waals surface area contributed by atoms with Crippen LogP contribution in [0.1, 0.15) is 17.3 Å². The van der Waals surface area contributed by atoms with E-state index in [0.29, 0.717) is 4.60 Å². The van der Waals surface area contributed by atoms with Crippen LogP contribution in [0.25, 0.3) is 0 Å². The molecular weight excluding hydrogens is 252 g/mol. The third-order valence-electron chi connectivity index (χ3n) is 1.35. The van der Waals surface area contributed by atoms with Gasteiger partial charge in [0.15, 0.2) is 0 Å². The van der Waals surface area contributed by atoms with Crippen LogP contribution in [-0.4, -0.2) is 22.0 Å². The maximum absolute atomic E-state index is 10.7. The maximum atomic E-state index is 10.7. The Morgan fingerprint density at radius 1 is 1.50 bits per heavy atom. The number of anilines is 1. The normalized spacial score (nSPS) is 9.57. The molecule has 6 heteroatoms. The standard InChI is InChI=1S/C8H7BrN2O3/c1-4(12)10-7-3-5(8(13)14)2-6(9)11-7/h2-3H,1H3,(H,13,14)(H,10,11,12). The van der Waals surface area contributed by atoms with Crippen LogP contribution in [0.4, 0.5) is 5.82 Å². The van der Waals surface area contributed by atoms with Crippen LogP contribution in [0.2, 0.25) is 0 Å². The van der Waals surface area contributed by atoms with E-state index < -0.39 is 5.97 Å². The Balaban J connectivity index is 3.07. The molecule has 74 valence electrons. The highest BCUT2D eigenvalue weighted by atomic mass is 79.9. The Morgan fingerprint density at radius 3 is 2.64 bits per heavy atom. The van der Waals surface area contributed by atoms with E-state index in [4.69, 9.17) is 5.11 Å². The number of aromatic carboxylic acids is 1. The van der Waals surface area contributed by atoms with E-state index in [-0.39, 0.29) is 17.3 Å². The first-order chi connectivity index (χ1) is 6.49. The topological polar surface area (TPSA) is 79.3 Å². The summed E-state index contributed by atoms with van der Waals surface area (Å²) in [5.41, 5.74) is 0.0654. The first kappa shape index (κ1) is 10.6. The fraction of sp³-hybridized carbons (Fsp3) is 0.125. The molecule has 0 fully saturated rings. The van der Waals surface area contributed by atoms with Gasteiger partial charge in [0.05, 0.1) is 5.56 Å². The molecule has 0 aliphatic carbocycles. The third kappa shape index (κ3) is 2.81. The minimum absolute atomic E-state index is 0.0654. The van der Waals surface area contributed by atoms with Gasteiger partial charge in [0.1, 0.15) is 10.4 Å². The third-order valence-corrected chi connectivity index (χ3v) is 1.75. The van der Waals surface area contributed by atoms with Gasteiger partial charge in [-0.2, -0.15) is 0 Å². The Kier molecular flexibility index (Phi) is 3.19. The highest BCUT2D eigenvalue weighted by Gasteiger charge is 2.07. The lowest BCUT2D eigenvalue weighted by molar-refractivity contribution is -0.114. The SMILES string of the molecule is CC(=O)Nc1cc(C(=O)O)cc(Br)n1. The molecule has 0 unspecified atom stereocenters. The Bertz CT molecular complexity index is 392. The summed E-state index contributed by atoms with van der Waals surface area (Å²) < 4.78 is 0.362. The van der Waals surface area contributed by atoms with Crippen molar-refractivity contribution in [1.29, 1.82) is 0 Å². The molecule has 5 nitrogen and oxygen atoms in total. The van der Waals surface area contributed by atoms with Gasteiger partial charge in [-0.3, -0.25) is 4.79 Å². The highest BCUT2D eigenvalue weighted by molar-refractivity contribution is 9.10. The van der Waals surface area contributed by atoms with Crippen molar-refractivity contribution in [2.45, 2.75) is 6.92 Å². The van der Waals surface area contributed by atoms with Crippen molar-refractivity contribution in [3.05, 3.63) is 22.3 Å². The van der Waals surface area contributed by atoms with E-state index in [1.54, 1.807) is 0 Å². The minimum atomic E-state index is -1.07. The summed E-state index contributed by atoms with van der Waals surface area (Å²) in [6.07, 6.45) is 0. The predicted octanol–water partition coefficient (Wildman–Crippen LogP) is 1.50. The van der Waals surface area contributed by atoms with Crippen molar-refractivity contribution >= 4 is 33.6 Å². The molecule has 0 bridgehead atoms. The second-order valence-electron chi connectivity index (χ2n) is 2.55. The number of amides is 1. The van der Waals surface area contributed by atoms with Gasteiger partial charge in [0, 0.05) is 6.92 Å². The number of hydrogen-bond donors (Lipinski definition) is 2. The smallest absolute Gasteiger partial charge is 0.335 e. The van der Waals surface area contributed by atoms with Gasteiger partial charge >= 0.3 is 5.97 Å². The fourth-order valence-corrected chi connectivity index (χ4v) is 1.30. The molecule has 1 rings (SSSR count). The van der Waals surface area contributed by atoms with E-state index >= 15 is 0 Å². The predicted molar refractivity (Wildman–Crippen MR) is 53.2 cm³/mol. The van der Waals surface area contributed by atoms with Crippen molar-refractivity contribution < 1.29 is 14.7 Å². The zero-order valence-electron chi connectivity index (χ0n) is 7.24. The number of carbonyl (C=O) groups is 2. The van der Waals surface area contributed by atoms with E-state index in [1.807, 2.05) is 0 Å². The van der Waals surface area contributed by atoms with Crippen LogP contribution in [0, 0.1) is 0 Å².